The van der Waals surface area contributed by atoms with E-state index in [0.29, 0.717) is 5.92 Å². The quantitative estimate of drug-likeness (QED) is 0.709. The molecule has 3 nitrogen and oxygen atoms in total. The fraction of sp³-hybridized carbons (Fsp3) is 0.625. The Morgan fingerprint density at radius 3 is 2.63 bits per heavy atom. The Kier molecular flexibility index (Phi) is 6.89. The van der Waals surface area contributed by atoms with Crippen LogP contribution in [0.4, 0.5) is 0 Å². The molecule has 0 radical (unpaired) electrons. The van der Waals surface area contributed by atoms with Crippen LogP contribution in [0.25, 0.3) is 0 Å². The van der Waals surface area contributed by atoms with E-state index in [-0.39, 0.29) is 0 Å². The van der Waals surface area contributed by atoms with Gasteiger partial charge in [0.25, 0.3) is 0 Å². The maximum Gasteiger partial charge on any atom is 0.122 e. The van der Waals surface area contributed by atoms with Gasteiger partial charge in [-0.3, -0.25) is 0 Å². The summed E-state index contributed by atoms with van der Waals surface area (Å²) in [5.41, 5.74) is 9.46. The number of hydrogen-bond donors (Lipinski definition) is 2. The van der Waals surface area contributed by atoms with Crippen LogP contribution in [0.2, 0.25) is 0 Å². The van der Waals surface area contributed by atoms with Crippen LogP contribution in [0.1, 0.15) is 30.0 Å². The number of nitrogens with one attached hydrogen (secondary N) is 1. The minimum absolute atomic E-state index is 0.656. The third-order valence-corrected chi connectivity index (χ3v) is 3.58. The molecule has 0 heterocycles. The predicted molar refractivity (Wildman–Crippen MR) is 81.9 cm³/mol. The van der Waals surface area contributed by atoms with Crippen molar-refractivity contribution >= 4 is 0 Å². The molecule has 0 aliphatic carbocycles. The van der Waals surface area contributed by atoms with Gasteiger partial charge in [-0.05, 0) is 75.0 Å². The monoisotopic (exact) mass is 264 g/mol. The number of hydrogen-bond acceptors (Lipinski definition) is 3. The largest absolute Gasteiger partial charge is 0.496 e. The average Bonchev–Trinajstić information content (AvgIpc) is 2.38. The molecular weight excluding hydrogens is 236 g/mol. The van der Waals surface area contributed by atoms with Crippen molar-refractivity contribution in [1.29, 1.82) is 0 Å². The highest BCUT2D eigenvalue weighted by Crippen LogP contribution is 2.22. The van der Waals surface area contributed by atoms with E-state index in [9.17, 15) is 0 Å². The van der Waals surface area contributed by atoms with E-state index >= 15 is 0 Å². The first-order chi connectivity index (χ1) is 9.08. The van der Waals surface area contributed by atoms with Crippen LogP contribution in [0, 0.1) is 19.8 Å². The van der Waals surface area contributed by atoms with Crippen molar-refractivity contribution in [3.05, 3.63) is 28.8 Å². The lowest BCUT2D eigenvalue weighted by atomic mass is 10.0. The number of benzene rings is 1. The summed E-state index contributed by atoms with van der Waals surface area (Å²) >= 11 is 0. The van der Waals surface area contributed by atoms with Crippen molar-refractivity contribution in [2.24, 2.45) is 11.7 Å². The van der Waals surface area contributed by atoms with Gasteiger partial charge in [-0.2, -0.15) is 0 Å². The Balaban J connectivity index is 2.43. The molecule has 0 fully saturated rings. The Morgan fingerprint density at radius 2 is 2.00 bits per heavy atom. The zero-order valence-electron chi connectivity index (χ0n) is 12.8. The van der Waals surface area contributed by atoms with Crippen LogP contribution in [0.3, 0.4) is 0 Å². The molecule has 3 N–H and O–H groups in total. The van der Waals surface area contributed by atoms with Gasteiger partial charge in [-0.1, -0.05) is 13.0 Å². The highest BCUT2D eigenvalue weighted by molar-refractivity contribution is 5.41. The zero-order valence-corrected chi connectivity index (χ0v) is 12.8. The third kappa shape index (κ3) is 5.21. The molecule has 19 heavy (non-hydrogen) atoms. The summed E-state index contributed by atoms with van der Waals surface area (Å²) < 4.78 is 5.34. The Hall–Kier alpha value is -1.06. The van der Waals surface area contributed by atoms with Crippen LogP contribution in [0.5, 0.6) is 5.75 Å². The lowest BCUT2D eigenvalue weighted by Crippen LogP contribution is -2.25. The number of methoxy groups -OCH3 is 1. The van der Waals surface area contributed by atoms with Gasteiger partial charge in [-0.15, -0.1) is 0 Å². The molecule has 3 heteroatoms. The summed E-state index contributed by atoms with van der Waals surface area (Å²) in [5.74, 6) is 1.63. The predicted octanol–water partition coefficient (Wildman–Crippen LogP) is 2.43. The van der Waals surface area contributed by atoms with Gasteiger partial charge < -0.3 is 15.8 Å². The molecular formula is C16H28N2O. The Morgan fingerprint density at radius 1 is 1.26 bits per heavy atom. The topological polar surface area (TPSA) is 47.3 Å². The van der Waals surface area contributed by atoms with Crippen LogP contribution in [-0.2, 0) is 6.42 Å². The van der Waals surface area contributed by atoms with Crippen molar-refractivity contribution in [3.8, 4) is 5.75 Å². The van der Waals surface area contributed by atoms with Crippen molar-refractivity contribution in [1.82, 2.24) is 5.32 Å². The summed E-state index contributed by atoms with van der Waals surface area (Å²) in [6.45, 7) is 9.32. The number of nitrogens with two attached hydrogens (primary N) is 1. The van der Waals surface area contributed by atoms with E-state index in [4.69, 9.17) is 10.5 Å². The zero-order chi connectivity index (χ0) is 14.3. The lowest BCUT2D eigenvalue weighted by molar-refractivity contribution is 0.411. The SMILES string of the molecule is COc1cc(C)c(CCNCC(C)CCN)cc1C. The molecule has 1 atom stereocenters. The molecule has 0 aliphatic heterocycles. The molecule has 1 rings (SSSR count). The van der Waals surface area contributed by atoms with E-state index < -0.39 is 0 Å². The summed E-state index contributed by atoms with van der Waals surface area (Å²) in [6, 6.07) is 4.36. The molecule has 0 spiro atoms. The van der Waals surface area contributed by atoms with Gasteiger partial charge in [0.15, 0.2) is 0 Å². The molecule has 1 aromatic rings. The van der Waals surface area contributed by atoms with Crippen molar-refractivity contribution in [2.75, 3.05) is 26.7 Å². The van der Waals surface area contributed by atoms with Crippen molar-refractivity contribution in [3.63, 3.8) is 0 Å². The van der Waals surface area contributed by atoms with Crippen LogP contribution < -0.4 is 15.8 Å². The summed E-state index contributed by atoms with van der Waals surface area (Å²) in [7, 11) is 1.72. The normalized spacial score (nSPS) is 12.5. The molecule has 0 bridgehead atoms. The molecule has 0 aromatic heterocycles. The van der Waals surface area contributed by atoms with Crippen LogP contribution in [0.15, 0.2) is 12.1 Å². The summed E-state index contributed by atoms with van der Waals surface area (Å²) in [5, 5.41) is 3.51. The summed E-state index contributed by atoms with van der Waals surface area (Å²) in [6.07, 6.45) is 2.15. The molecule has 0 saturated carbocycles. The van der Waals surface area contributed by atoms with Gasteiger partial charge in [0.1, 0.15) is 5.75 Å². The highest BCUT2D eigenvalue weighted by atomic mass is 16.5. The number of rotatable bonds is 8. The average molecular weight is 264 g/mol. The van der Waals surface area contributed by atoms with E-state index in [1.807, 2.05) is 0 Å². The van der Waals surface area contributed by atoms with Gasteiger partial charge in [0.05, 0.1) is 7.11 Å². The van der Waals surface area contributed by atoms with Gasteiger partial charge in [0.2, 0.25) is 0 Å². The van der Waals surface area contributed by atoms with Gasteiger partial charge in [-0.25, -0.2) is 0 Å². The van der Waals surface area contributed by atoms with Crippen molar-refractivity contribution in [2.45, 2.75) is 33.6 Å². The minimum Gasteiger partial charge on any atom is -0.496 e. The second-order valence-corrected chi connectivity index (χ2v) is 5.38. The number of ether oxygens (including phenoxy) is 1. The first kappa shape index (κ1) is 16.0. The molecule has 0 aliphatic rings. The lowest BCUT2D eigenvalue weighted by Gasteiger charge is -2.13. The Labute approximate surface area is 117 Å². The van der Waals surface area contributed by atoms with E-state index in [0.717, 1.165) is 38.2 Å². The maximum atomic E-state index is 5.55. The second kappa shape index (κ2) is 8.18. The third-order valence-electron chi connectivity index (χ3n) is 3.58. The van der Waals surface area contributed by atoms with E-state index in [2.05, 4.69) is 38.2 Å². The minimum atomic E-state index is 0.656. The molecule has 1 unspecified atom stereocenters. The molecule has 0 saturated heterocycles. The first-order valence-corrected chi connectivity index (χ1v) is 7.13. The number of aryl methyl sites for hydroxylation is 2. The van der Waals surface area contributed by atoms with Gasteiger partial charge in [0, 0.05) is 0 Å². The Bertz CT molecular complexity index is 391. The smallest absolute Gasteiger partial charge is 0.122 e. The van der Waals surface area contributed by atoms with Crippen LogP contribution >= 0.6 is 0 Å². The second-order valence-electron chi connectivity index (χ2n) is 5.38. The highest BCUT2D eigenvalue weighted by Gasteiger charge is 2.05. The molecule has 1 aromatic carbocycles. The first-order valence-electron chi connectivity index (χ1n) is 7.13. The van der Waals surface area contributed by atoms with Crippen LogP contribution in [-0.4, -0.2) is 26.7 Å². The van der Waals surface area contributed by atoms with E-state index in [1.54, 1.807) is 7.11 Å². The molecule has 0 amide bonds. The molecule has 108 valence electrons. The van der Waals surface area contributed by atoms with E-state index in [1.165, 1.54) is 16.7 Å². The fourth-order valence-corrected chi connectivity index (χ4v) is 2.30. The fourth-order valence-electron chi connectivity index (χ4n) is 2.30. The van der Waals surface area contributed by atoms with Gasteiger partial charge >= 0.3 is 0 Å². The summed E-state index contributed by atoms with van der Waals surface area (Å²) in [4.78, 5) is 0. The van der Waals surface area contributed by atoms with Crippen molar-refractivity contribution < 1.29 is 4.74 Å². The maximum absolute atomic E-state index is 5.55. The standard InChI is InChI=1S/C16H28N2O/c1-12(5-7-17)11-18-8-6-15-9-14(3)16(19-4)10-13(15)2/h9-10,12,18H,5-8,11,17H2,1-4H3.